The van der Waals surface area contributed by atoms with E-state index in [0.717, 1.165) is 12.0 Å². The molecule has 3 N–H and O–H groups in total. The Balaban J connectivity index is 1.80. The van der Waals surface area contributed by atoms with E-state index in [2.05, 4.69) is 29.8 Å². The van der Waals surface area contributed by atoms with E-state index in [1.165, 1.54) is 4.88 Å². The van der Waals surface area contributed by atoms with Gasteiger partial charge in [0.25, 0.3) is 0 Å². The number of carbonyl (C=O) groups excluding carboxylic acids is 1. The van der Waals surface area contributed by atoms with Crippen LogP contribution in [0.1, 0.15) is 23.4 Å². The van der Waals surface area contributed by atoms with E-state index in [4.69, 9.17) is 5.73 Å². The Morgan fingerprint density at radius 1 is 1.25 bits per heavy atom. The van der Waals surface area contributed by atoms with Crippen molar-refractivity contribution in [2.24, 2.45) is 11.7 Å². The molecule has 0 bridgehead atoms. The Bertz CT molecular complexity index is 525. The summed E-state index contributed by atoms with van der Waals surface area (Å²) < 4.78 is 0. The van der Waals surface area contributed by atoms with Crippen LogP contribution < -0.4 is 11.1 Å². The van der Waals surface area contributed by atoms with Crippen molar-refractivity contribution in [3.05, 3.63) is 58.3 Å². The quantitative estimate of drug-likeness (QED) is 0.858. The third-order valence-electron chi connectivity index (χ3n) is 3.20. The van der Waals surface area contributed by atoms with Gasteiger partial charge in [-0.05, 0) is 29.3 Å². The number of benzene rings is 1. The van der Waals surface area contributed by atoms with Crippen LogP contribution in [0, 0.1) is 5.92 Å². The second-order valence-corrected chi connectivity index (χ2v) is 6.05. The lowest BCUT2D eigenvalue weighted by Crippen LogP contribution is -2.36. The smallest absolute Gasteiger partial charge is 0.241 e. The predicted molar refractivity (Wildman–Crippen MR) is 83.6 cm³/mol. The SMILES string of the molecule is CC(CNC(=O)C(N)c1ccccc1)Cc1cccs1. The summed E-state index contributed by atoms with van der Waals surface area (Å²) in [5.74, 6) is 0.287. The number of nitrogens with two attached hydrogens (primary N) is 1. The van der Waals surface area contributed by atoms with Gasteiger partial charge in [-0.25, -0.2) is 0 Å². The molecule has 1 amide bonds. The monoisotopic (exact) mass is 288 g/mol. The summed E-state index contributed by atoms with van der Waals surface area (Å²) in [5, 5.41) is 5.01. The van der Waals surface area contributed by atoms with Gasteiger partial charge in [0.15, 0.2) is 0 Å². The number of nitrogens with one attached hydrogen (secondary N) is 1. The van der Waals surface area contributed by atoms with Gasteiger partial charge in [-0.1, -0.05) is 43.3 Å². The minimum atomic E-state index is -0.592. The molecular formula is C16H20N2OS. The maximum atomic E-state index is 12.0. The van der Waals surface area contributed by atoms with Crippen molar-refractivity contribution >= 4 is 17.2 Å². The Morgan fingerprint density at radius 2 is 2.00 bits per heavy atom. The first-order valence-electron chi connectivity index (χ1n) is 6.77. The zero-order chi connectivity index (χ0) is 14.4. The minimum Gasteiger partial charge on any atom is -0.354 e. The largest absolute Gasteiger partial charge is 0.354 e. The van der Waals surface area contributed by atoms with Crippen molar-refractivity contribution in [3.8, 4) is 0 Å². The molecule has 0 fully saturated rings. The van der Waals surface area contributed by atoms with Gasteiger partial charge in [0.2, 0.25) is 5.91 Å². The van der Waals surface area contributed by atoms with Crippen LogP contribution in [0.4, 0.5) is 0 Å². The fraction of sp³-hybridized carbons (Fsp3) is 0.312. The van der Waals surface area contributed by atoms with Crippen LogP contribution in [0.15, 0.2) is 47.8 Å². The highest BCUT2D eigenvalue weighted by molar-refractivity contribution is 7.09. The maximum absolute atomic E-state index is 12.0. The van der Waals surface area contributed by atoms with Crippen molar-refractivity contribution in [1.29, 1.82) is 0 Å². The molecule has 2 rings (SSSR count). The maximum Gasteiger partial charge on any atom is 0.241 e. The molecule has 4 heteroatoms. The van der Waals surface area contributed by atoms with Crippen molar-refractivity contribution in [2.45, 2.75) is 19.4 Å². The van der Waals surface area contributed by atoms with E-state index in [1.54, 1.807) is 11.3 Å². The van der Waals surface area contributed by atoms with E-state index in [-0.39, 0.29) is 5.91 Å². The fourth-order valence-electron chi connectivity index (χ4n) is 2.04. The summed E-state index contributed by atoms with van der Waals surface area (Å²) in [6, 6.07) is 13.0. The third kappa shape index (κ3) is 4.18. The van der Waals surface area contributed by atoms with Gasteiger partial charge in [-0.2, -0.15) is 0 Å². The molecule has 0 saturated heterocycles. The standard InChI is InChI=1S/C16H20N2OS/c1-12(10-14-8-5-9-20-14)11-18-16(19)15(17)13-6-3-2-4-7-13/h2-9,12,15H,10-11,17H2,1H3,(H,18,19). The Kier molecular flexibility index (Phi) is 5.32. The van der Waals surface area contributed by atoms with Gasteiger partial charge in [0.05, 0.1) is 0 Å². The molecule has 106 valence electrons. The molecule has 0 spiro atoms. The highest BCUT2D eigenvalue weighted by Crippen LogP contribution is 2.14. The van der Waals surface area contributed by atoms with Crippen molar-refractivity contribution in [3.63, 3.8) is 0 Å². The molecular weight excluding hydrogens is 268 g/mol. The summed E-state index contributed by atoms with van der Waals surface area (Å²) >= 11 is 1.75. The second kappa shape index (κ2) is 7.22. The summed E-state index contributed by atoms with van der Waals surface area (Å²) in [5.41, 5.74) is 6.79. The van der Waals surface area contributed by atoms with Gasteiger partial charge in [-0.15, -0.1) is 11.3 Å². The molecule has 2 aromatic rings. The van der Waals surface area contributed by atoms with Gasteiger partial charge in [0, 0.05) is 11.4 Å². The molecule has 2 unspecified atom stereocenters. The van der Waals surface area contributed by atoms with Crippen molar-refractivity contribution in [2.75, 3.05) is 6.54 Å². The third-order valence-corrected chi connectivity index (χ3v) is 4.09. The number of carbonyl (C=O) groups is 1. The summed E-state index contributed by atoms with van der Waals surface area (Å²) in [6.45, 7) is 2.78. The molecule has 0 saturated carbocycles. The van der Waals surface area contributed by atoms with Gasteiger partial charge >= 0.3 is 0 Å². The number of hydrogen-bond donors (Lipinski definition) is 2. The van der Waals surface area contributed by atoms with Crippen LogP contribution in [-0.2, 0) is 11.2 Å². The lowest BCUT2D eigenvalue weighted by Gasteiger charge is -2.15. The van der Waals surface area contributed by atoms with E-state index in [1.807, 2.05) is 30.3 Å². The predicted octanol–water partition coefficient (Wildman–Crippen LogP) is 2.74. The fourth-order valence-corrected chi connectivity index (χ4v) is 2.91. The first-order valence-corrected chi connectivity index (χ1v) is 7.65. The van der Waals surface area contributed by atoms with Crippen LogP contribution >= 0.6 is 11.3 Å². The van der Waals surface area contributed by atoms with Crippen molar-refractivity contribution in [1.82, 2.24) is 5.32 Å². The highest BCUT2D eigenvalue weighted by atomic mass is 32.1. The summed E-state index contributed by atoms with van der Waals surface area (Å²) in [4.78, 5) is 13.4. The first-order chi connectivity index (χ1) is 9.66. The number of thiophene rings is 1. The first kappa shape index (κ1) is 14.8. The Labute approximate surface area is 123 Å². The molecule has 0 aliphatic carbocycles. The lowest BCUT2D eigenvalue weighted by molar-refractivity contribution is -0.122. The van der Waals surface area contributed by atoms with Gasteiger partial charge in [0.1, 0.15) is 6.04 Å². The normalized spacial score (nSPS) is 13.7. The number of amides is 1. The van der Waals surface area contributed by atoms with Crippen LogP contribution in [0.5, 0.6) is 0 Å². The van der Waals surface area contributed by atoms with Crippen LogP contribution in [-0.4, -0.2) is 12.5 Å². The molecule has 20 heavy (non-hydrogen) atoms. The van der Waals surface area contributed by atoms with E-state index in [9.17, 15) is 4.79 Å². The van der Waals surface area contributed by atoms with Crippen molar-refractivity contribution < 1.29 is 4.79 Å². The van der Waals surface area contributed by atoms with Crippen LogP contribution in [0.25, 0.3) is 0 Å². The Hall–Kier alpha value is -1.65. The molecule has 1 aromatic carbocycles. The second-order valence-electron chi connectivity index (χ2n) is 5.02. The summed E-state index contributed by atoms with van der Waals surface area (Å²) in [6.07, 6.45) is 0.985. The molecule has 1 heterocycles. The number of hydrogen-bond acceptors (Lipinski definition) is 3. The van der Waals surface area contributed by atoms with E-state index in [0.29, 0.717) is 12.5 Å². The zero-order valence-corrected chi connectivity index (χ0v) is 12.4. The zero-order valence-electron chi connectivity index (χ0n) is 11.6. The molecule has 0 radical (unpaired) electrons. The molecule has 3 nitrogen and oxygen atoms in total. The molecule has 1 aromatic heterocycles. The topological polar surface area (TPSA) is 55.1 Å². The lowest BCUT2D eigenvalue weighted by atomic mass is 10.1. The van der Waals surface area contributed by atoms with Crippen LogP contribution in [0.2, 0.25) is 0 Å². The molecule has 0 aliphatic rings. The van der Waals surface area contributed by atoms with E-state index >= 15 is 0 Å². The van der Waals surface area contributed by atoms with Gasteiger partial charge in [-0.3, -0.25) is 4.79 Å². The minimum absolute atomic E-state index is 0.116. The van der Waals surface area contributed by atoms with Crippen LogP contribution in [0.3, 0.4) is 0 Å². The summed E-state index contributed by atoms with van der Waals surface area (Å²) in [7, 11) is 0. The number of rotatable bonds is 6. The average molecular weight is 288 g/mol. The Morgan fingerprint density at radius 3 is 2.65 bits per heavy atom. The average Bonchev–Trinajstić information content (AvgIpc) is 2.97. The van der Waals surface area contributed by atoms with E-state index < -0.39 is 6.04 Å². The molecule has 2 atom stereocenters. The molecule has 0 aliphatic heterocycles. The van der Waals surface area contributed by atoms with Gasteiger partial charge < -0.3 is 11.1 Å². The highest BCUT2D eigenvalue weighted by Gasteiger charge is 2.16.